The third-order valence-corrected chi connectivity index (χ3v) is 3.53. The van der Waals surface area contributed by atoms with Gasteiger partial charge in [0.15, 0.2) is 0 Å². The van der Waals surface area contributed by atoms with E-state index in [9.17, 15) is 0 Å². The molecule has 0 aromatic heterocycles. The Morgan fingerprint density at radius 3 is 2.42 bits per heavy atom. The molecular formula is C7H18O4Si. The van der Waals surface area contributed by atoms with Crippen molar-refractivity contribution < 1.29 is 19.4 Å². The molecule has 0 rings (SSSR count). The Kier molecular flexibility index (Phi) is 5.69. The summed E-state index contributed by atoms with van der Waals surface area (Å²) in [5, 5.41) is 17.4. The van der Waals surface area contributed by atoms with Crippen molar-refractivity contribution in [3.05, 3.63) is 0 Å². The molecular weight excluding hydrogens is 176 g/mol. The van der Waals surface area contributed by atoms with E-state index in [4.69, 9.17) is 19.4 Å². The fourth-order valence-corrected chi connectivity index (χ4v) is 1.28. The second-order valence-electron chi connectivity index (χ2n) is 3.32. The standard InChI is InChI=1S/C7H18O4Si/c1-10-12(2,3)6-11-5-7(9)4-8/h7-9H,4-6H2,1-3H3. The zero-order valence-electron chi connectivity index (χ0n) is 7.91. The molecule has 0 amide bonds. The maximum Gasteiger partial charge on any atom is 0.211 e. The van der Waals surface area contributed by atoms with E-state index in [0.29, 0.717) is 6.23 Å². The Balaban J connectivity index is 3.42. The van der Waals surface area contributed by atoms with Crippen LogP contribution in [0.2, 0.25) is 13.1 Å². The van der Waals surface area contributed by atoms with Crippen LogP contribution >= 0.6 is 0 Å². The third-order valence-electron chi connectivity index (χ3n) is 1.52. The van der Waals surface area contributed by atoms with Crippen molar-refractivity contribution in [1.82, 2.24) is 0 Å². The Morgan fingerprint density at radius 2 is 2.00 bits per heavy atom. The molecule has 0 bridgehead atoms. The van der Waals surface area contributed by atoms with Gasteiger partial charge in [0.25, 0.3) is 0 Å². The minimum atomic E-state index is -1.67. The predicted molar refractivity (Wildman–Crippen MR) is 48.4 cm³/mol. The smallest absolute Gasteiger partial charge is 0.211 e. The monoisotopic (exact) mass is 194 g/mol. The fourth-order valence-electron chi connectivity index (χ4n) is 0.552. The van der Waals surface area contributed by atoms with Crippen LogP contribution in [-0.4, -0.2) is 51.2 Å². The first-order chi connectivity index (χ1) is 5.52. The normalized spacial score (nSPS) is 14.8. The highest BCUT2D eigenvalue weighted by Crippen LogP contribution is 2.02. The molecule has 0 aliphatic carbocycles. The highest BCUT2D eigenvalue weighted by Gasteiger charge is 2.21. The Labute approximate surface area is 74.2 Å². The number of hydrogen-bond donors (Lipinski definition) is 2. The Hall–Kier alpha value is 0.0569. The Morgan fingerprint density at radius 1 is 1.42 bits per heavy atom. The molecule has 0 aliphatic heterocycles. The van der Waals surface area contributed by atoms with Crippen LogP contribution in [0.4, 0.5) is 0 Å². The number of aliphatic hydroxyl groups excluding tert-OH is 2. The van der Waals surface area contributed by atoms with E-state index in [1.54, 1.807) is 7.11 Å². The van der Waals surface area contributed by atoms with Crippen molar-refractivity contribution >= 4 is 8.32 Å². The minimum absolute atomic E-state index is 0.177. The average Bonchev–Trinajstić information content (AvgIpc) is 2.04. The summed E-state index contributed by atoms with van der Waals surface area (Å²) in [6.45, 7) is 3.97. The van der Waals surface area contributed by atoms with Gasteiger partial charge in [0.05, 0.1) is 19.4 Å². The first-order valence-electron chi connectivity index (χ1n) is 3.93. The van der Waals surface area contributed by atoms with Crippen LogP contribution < -0.4 is 0 Å². The molecule has 0 saturated carbocycles. The minimum Gasteiger partial charge on any atom is -0.418 e. The molecule has 2 N–H and O–H groups in total. The highest BCUT2D eigenvalue weighted by molar-refractivity contribution is 6.71. The zero-order valence-corrected chi connectivity index (χ0v) is 8.91. The number of hydrogen-bond acceptors (Lipinski definition) is 4. The van der Waals surface area contributed by atoms with Gasteiger partial charge in [-0.3, -0.25) is 0 Å². The molecule has 0 aromatic rings. The molecule has 0 spiro atoms. The van der Waals surface area contributed by atoms with Gasteiger partial charge < -0.3 is 19.4 Å². The largest absolute Gasteiger partial charge is 0.418 e. The lowest BCUT2D eigenvalue weighted by Crippen LogP contribution is -2.37. The summed E-state index contributed by atoms with van der Waals surface area (Å²) in [6, 6.07) is 0. The van der Waals surface area contributed by atoms with Crippen LogP contribution in [0, 0.1) is 0 Å². The molecule has 0 saturated heterocycles. The van der Waals surface area contributed by atoms with Gasteiger partial charge in [0, 0.05) is 7.11 Å². The summed E-state index contributed by atoms with van der Waals surface area (Å²) < 4.78 is 10.4. The molecule has 0 aromatic carbocycles. The molecule has 4 nitrogen and oxygen atoms in total. The van der Waals surface area contributed by atoms with Crippen molar-refractivity contribution in [2.75, 3.05) is 26.6 Å². The van der Waals surface area contributed by atoms with Gasteiger partial charge in [-0.15, -0.1) is 0 Å². The second-order valence-corrected chi connectivity index (χ2v) is 7.53. The summed E-state index contributed by atoms with van der Waals surface area (Å²) in [7, 11) is -0.00710. The third kappa shape index (κ3) is 5.67. The summed E-state index contributed by atoms with van der Waals surface area (Å²) in [4.78, 5) is 0. The highest BCUT2D eigenvalue weighted by atomic mass is 28.4. The maximum atomic E-state index is 8.93. The summed E-state index contributed by atoms with van der Waals surface area (Å²) in [5.41, 5.74) is 0. The van der Waals surface area contributed by atoms with Crippen molar-refractivity contribution in [2.45, 2.75) is 19.2 Å². The van der Waals surface area contributed by atoms with Crippen LogP contribution in [0.25, 0.3) is 0 Å². The maximum absolute atomic E-state index is 8.93. The summed E-state index contributed by atoms with van der Waals surface area (Å²) >= 11 is 0. The molecule has 12 heavy (non-hydrogen) atoms. The van der Waals surface area contributed by atoms with Crippen LogP contribution in [0.1, 0.15) is 0 Å². The predicted octanol–water partition coefficient (Wildman–Crippen LogP) is -0.253. The molecule has 0 aliphatic rings. The topological polar surface area (TPSA) is 58.9 Å². The Bertz CT molecular complexity index is 118. The van der Waals surface area contributed by atoms with E-state index < -0.39 is 14.4 Å². The molecule has 0 radical (unpaired) electrons. The first-order valence-corrected chi connectivity index (χ1v) is 7.05. The van der Waals surface area contributed by atoms with E-state index >= 15 is 0 Å². The van der Waals surface area contributed by atoms with Crippen LogP contribution in [0.15, 0.2) is 0 Å². The van der Waals surface area contributed by atoms with Crippen molar-refractivity contribution in [2.24, 2.45) is 0 Å². The second kappa shape index (κ2) is 5.66. The fraction of sp³-hybridized carbons (Fsp3) is 1.00. The van der Waals surface area contributed by atoms with E-state index in [-0.39, 0.29) is 13.2 Å². The molecule has 0 heterocycles. The van der Waals surface area contributed by atoms with E-state index in [1.807, 2.05) is 13.1 Å². The molecule has 5 heteroatoms. The lowest BCUT2D eigenvalue weighted by Gasteiger charge is -2.20. The lowest BCUT2D eigenvalue weighted by molar-refractivity contribution is 0.0158. The van der Waals surface area contributed by atoms with Gasteiger partial charge in [-0.1, -0.05) is 0 Å². The van der Waals surface area contributed by atoms with E-state index in [1.165, 1.54) is 0 Å². The molecule has 74 valence electrons. The van der Waals surface area contributed by atoms with Crippen molar-refractivity contribution in [1.29, 1.82) is 0 Å². The van der Waals surface area contributed by atoms with E-state index in [2.05, 4.69) is 0 Å². The van der Waals surface area contributed by atoms with Gasteiger partial charge in [-0.25, -0.2) is 0 Å². The van der Waals surface area contributed by atoms with Gasteiger partial charge in [0.2, 0.25) is 8.32 Å². The summed E-state index contributed by atoms with van der Waals surface area (Å²) in [6.07, 6.45) is -0.229. The van der Waals surface area contributed by atoms with Crippen molar-refractivity contribution in [3.8, 4) is 0 Å². The van der Waals surface area contributed by atoms with Crippen LogP contribution in [0.3, 0.4) is 0 Å². The van der Waals surface area contributed by atoms with Gasteiger partial charge in [-0.05, 0) is 13.1 Å². The van der Waals surface area contributed by atoms with Gasteiger partial charge in [0.1, 0.15) is 6.10 Å². The number of rotatable bonds is 6. The average molecular weight is 194 g/mol. The SMILES string of the molecule is CO[Si](C)(C)COCC(O)CO. The van der Waals surface area contributed by atoms with E-state index in [0.717, 1.165) is 0 Å². The molecule has 1 atom stereocenters. The molecule has 0 fully saturated rings. The zero-order chi connectivity index (χ0) is 9.61. The summed E-state index contributed by atoms with van der Waals surface area (Å²) in [5.74, 6) is 0. The molecule has 1 unspecified atom stereocenters. The van der Waals surface area contributed by atoms with Gasteiger partial charge in [-0.2, -0.15) is 0 Å². The van der Waals surface area contributed by atoms with Crippen LogP contribution in [0.5, 0.6) is 0 Å². The first kappa shape index (κ1) is 12.1. The number of aliphatic hydroxyl groups is 2. The van der Waals surface area contributed by atoms with Crippen LogP contribution in [-0.2, 0) is 9.16 Å². The van der Waals surface area contributed by atoms with Gasteiger partial charge >= 0.3 is 0 Å². The lowest BCUT2D eigenvalue weighted by atomic mass is 10.4. The number of ether oxygens (including phenoxy) is 1. The quantitative estimate of drug-likeness (QED) is 0.572. The van der Waals surface area contributed by atoms with Crippen molar-refractivity contribution in [3.63, 3.8) is 0 Å².